The van der Waals surface area contributed by atoms with Gasteiger partial charge in [-0.3, -0.25) is 9.30 Å². The first-order valence-corrected chi connectivity index (χ1v) is 15.2. The molecule has 1 aliphatic carbocycles. The summed E-state index contributed by atoms with van der Waals surface area (Å²) in [6.45, 7) is 5.18. The van der Waals surface area contributed by atoms with Crippen molar-refractivity contribution in [3.63, 3.8) is 0 Å². The van der Waals surface area contributed by atoms with Crippen LogP contribution in [0.2, 0.25) is 0 Å². The fourth-order valence-electron chi connectivity index (χ4n) is 4.52. The summed E-state index contributed by atoms with van der Waals surface area (Å²) < 4.78 is 105. The van der Waals surface area contributed by atoms with Crippen molar-refractivity contribution in [1.29, 1.82) is 0 Å². The van der Waals surface area contributed by atoms with Gasteiger partial charge >= 0.3 is 12.3 Å². The van der Waals surface area contributed by atoms with Crippen molar-refractivity contribution in [3.8, 4) is 10.8 Å². The van der Waals surface area contributed by atoms with Gasteiger partial charge in [0.1, 0.15) is 16.5 Å². The number of aromatic nitrogens is 4. The molecule has 18 heteroatoms. The van der Waals surface area contributed by atoms with E-state index in [2.05, 4.69) is 19.9 Å². The van der Waals surface area contributed by atoms with Crippen LogP contribution < -0.4 is 9.62 Å². The number of amides is 1. The SMILES string of the molecule is CC1(NS(=O)(=O)c2cc(N3CCN(C(=O)OC(C)(C)C)C(C(F)(F)F)C3)c3cnc(-c4nnc(C(F)F)s4)n3c2)CC1. The Bertz CT molecular complexity index is 1610. The zero-order chi connectivity index (χ0) is 30.8. The first-order chi connectivity index (χ1) is 19.4. The number of hydrogen-bond donors (Lipinski definition) is 1. The van der Waals surface area contributed by atoms with E-state index in [1.54, 1.807) is 27.7 Å². The molecule has 1 aliphatic heterocycles. The molecule has 1 amide bonds. The normalized spacial score (nSPS) is 19.5. The van der Waals surface area contributed by atoms with Gasteiger partial charge in [-0.2, -0.15) is 13.2 Å². The number of hydrogen-bond acceptors (Lipinski definition) is 9. The number of rotatable bonds is 6. The molecule has 1 saturated carbocycles. The third kappa shape index (κ3) is 6.15. The summed E-state index contributed by atoms with van der Waals surface area (Å²) in [6.07, 6.45) is -5.11. The van der Waals surface area contributed by atoms with Gasteiger partial charge in [-0.15, -0.1) is 10.2 Å². The Hall–Kier alpha value is -3.12. The number of pyridine rings is 1. The fraction of sp³-hybridized carbons (Fsp3) is 0.583. The number of carbonyl (C=O) groups is 1. The van der Waals surface area contributed by atoms with E-state index in [9.17, 15) is 35.2 Å². The van der Waals surface area contributed by atoms with Crippen LogP contribution in [0.1, 0.15) is 52.0 Å². The van der Waals surface area contributed by atoms with Gasteiger partial charge in [0.05, 0.1) is 17.4 Å². The van der Waals surface area contributed by atoms with Crippen LogP contribution in [0.4, 0.5) is 32.4 Å². The number of sulfonamides is 1. The van der Waals surface area contributed by atoms with Crippen molar-refractivity contribution in [2.75, 3.05) is 24.5 Å². The van der Waals surface area contributed by atoms with Gasteiger partial charge in [0.2, 0.25) is 10.0 Å². The average molecular weight is 638 g/mol. The van der Waals surface area contributed by atoms with E-state index < -0.39 is 57.5 Å². The molecular formula is C24H28F5N7O4S2. The molecule has 11 nitrogen and oxygen atoms in total. The highest BCUT2D eigenvalue weighted by Gasteiger charge is 2.50. The van der Waals surface area contributed by atoms with Crippen molar-refractivity contribution < 1.29 is 39.9 Å². The Morgan fingerprint density at radius 2 is 1.88 bits per heavy atom. The number of imidazole rings is 1. The quantitative estimate of drug-likeness (QED) is 0.389. The molecule has 0 spiro atoms. The molecule has 1 saturated heterocycles. The van der Waals surface area contributed by atoms with Crippen molar-refractivity contribution >= 4 is 38.7 Å². The molecule has 1 N–H and O–H groups in total. The maximum absolute atomic E-state index is 14.3. The van der Waals surface area contributed by atoms with Crippen molar-refractivity contribution in [2.24, 2.45) is 0 Å². The van der Waals surface area contributed by atoms with Crippen LogP contribution >= 0.6 is 11.3 Å². The molecule has 0 aromatic carbocycles. The Balaban J connectivity index is 1.59. The van der Waals surface area contributed by atoms with Crippen LogP contribution in [0.15, 0.2) is 23.4 Å². The standard InChI is InChI=1S/C24H28F5N7O4S2/c1-22(2,3)40-21(37)35-8-7-34(12-16(35)24(27,28)29)14-9-13(42(38,39)33-23(4)5-6-23)11-36-15(14)10-30-18(36)20-32-31-19(41-20)17(25)26/h9-11,16-17,33H,5-8,12H2,1-4H3. The lowest BCUT2D eigenvalue weighted by Crippen LogP contribution is -2.61. The number of alkyl halides is 5. The van der Waals surface area contributed by atoms with Crippen LogP contribution in [0, 0.1) is 0 Å². The molecule has 0 radical (unpaired) electrons. The van der Waals surface area contributed by atoms with Gasteiger partial charge in [-0.1, -0.05) is 11.3 Å². The largest absolute Gasteiger partial charge is 0.444 e. The number of nitrogens with one attached hydrogen (secondary N) is 1. The van der Waals surface area contributed by atoms with Crippen molar-refractivity contribution in [2.45, 2.75) is 75.2 Å². The summed E-state index contributed by atoms with van der Waals surface area (Å²) in [4.78, 5) is 18.6. The summed E-state index contributed by atoms with van der Waals surface area (Å²) >= 11 is 0.559. The van der Waals surface area contributed by atoms with Crippen LogP contribution in [-0.4, -0.2) is 82.0 Å². The van der Waals surface area contributed by atoms with Crippen LogP contribution in [0.3, 0.4) is 0 Å². The highest BCUT2D eigenvalue weighted by atomic mass is 32.2. The van der Waals surface area contributed by atoms with E-state index in [4.69, 9.17) is 4.74 Å². The molecule has 1 unspecified atom stereocenters. The average Bonchev–Trinajstić information content (AvgIpc) is 3.25. The maximum Gasteiger partial charge on any atom is 0.410 e. The molecule has 42 heavy (non-hydrogen) atoms. The molecule has 3 aromatic rings. The Morgan fingerprint density at radius 3 is 2.45 bits per heavy atom. The number of carbonyl (C=O) groups excluding carboxylic acids is 1. The maximum atomic E-state index is 14.3. The summed E-state index contributed by atoms with van der Waals surface area (Å²) in [5.41, 5.74) is -1.37. The minimum absolute atomic E-state index is 0.00917. The first kappa shape index (κ1) is 30.3. The molecule has 2 aliphatic rings. The van der Waals surface area contributed by atoms with Gasteiger partial charge in [0.25, 0.3) is 6.43 Å². The van der Waals surface area contributed by atoms with Gasteiger partial charge < -0.3 is 9.64 Å². The number of nitrogens with zero attached hydrogens (tertiary/aromatic N) is 6. The van der Waals surface area contributed by atoms with E-state index >= 15 is 0 Å². The number of anilines is 1. The predicted octanol–water partition coefficient (Wildman–Crippen LogP) is 4.61. The van der Waals surface area contributed by atoms with Crippen molar-refractivity contribution in [1.82, 2.24) is 29.2 Å². The minimum Gasteiger partial charge on any atom is -0.444 e. The Kier molecular flexibility index (Phi) is 7.41. The number of ether oxygens (including phenoxy) is 1. The van der Waals surface area contributed by atoms with E-state index in [0.29, 0.717) is 29.1 Å². The van der Waals surface area contributed by atoms with Crippen LogP contribution in [0.5, 0.6) is 0 Å². The Labute approximate surface area is 241 Å². The zero-order valence-electron chi connectivity index (χ0n) is 22.9. The van der Waals surface area contributed by atoms with E-state index in [0.717, 1.165) is 0 Å². The van der Waals surface area contributed by atoms with E-state index in [1.165, 1.54) is 27.8 Å². The molecule has 5 rings (SSSR count). The molecule has 2 fully saturated rings. The summed E-state index contributed by atoms with van der Waals surface area (Å²) in [7, 11) is -4.16. The zero-order valence-corrected chi connectivity index (χ0v) is 24.6. The lowest BCUT2D eigenvalue weighted by Gasteiger charge is -2.43. The molecule has 3 aromatic heterocycles. The second-order valence-corrected chi connectivity index (χ2v) is 14.2. The molecule has 4 heterocycles. The lowest BCUT2D eigenvalue weighted by molar-refractivity contribution is -0.181. The number of piperazine rings is 1. The number of fused-ring (bicyclic) bond motifs is 1. The second-order valence-electron chi connectivity index (χ2n) is 11.5. The smallest absolute Gasteiger partial charge is 0.410 e. The van der Waals surface area contributed by atoms with E-state index in [1.807, 2.05) is 0 Å². The second kappa shape index (κ2) is 10.3. The van der Waals surface area contributed by atoms with Gasteiger partial charge in [-0.25, -0.2) is 31.7 Å². The topological polar surface area (TPSA) is 122 Å². The summed E-state index contributed by atoms with van der Waals surface area (Å²) in [6, 6.07) is -1.01. The van der Waals surface area contributed by atoms with E-state index in [-0.39, 0.29) is 40.0 Å². The van der Waals surface area contributed by atoms with Gasteiger partial charge in [0, 0.05) is 31.4 Å². The highest BCUT2D eigenvalue weighted by Crippen LogP contribution is 2.39. The van der Waals surface area contributed by atoms with Crippen molar-refractivity contribution in [3.05, 3.63) is 23.5 Å². The third-order valence-corrected chi connectivity index (χ3v) is 9.36. The summed E-state index contributed by atoms with van der Waals surface area (Å²) in [5, 5.41) is 6.61. The molecule has 230 valence electrons. The van der Waals surface area contributed by atoms with Crippen LogP contribution in [0.25, 0.3) is 16.3 Å². The minimum atomic E-state index is -4.83. The predicted molar refractivity (Wildman–Crippen MR) is 142 cm³/mol. The monoisotopic (exact) mass is 637 g/mol. The third-order valence-electron chi connectivity index (χ3n) is 6.83. The summed E-state index contributed by atoms with van der Waals surface area (Å²) in [5.74, 6) is -0.00917. The highest BCUT2D eigenvalue weighted by molar-refractivity contribution is 7.89. The van der Waals surface area contributed by atoms with Crippen LogP contribution in [-0.2, 0) is 14.8 Å². The fourth-order valence-corrected chi connectivity index (χ4v) is 6.69. The Morgan fingerprint density at radius 1 is 1.19 bits per heavy atom. The molecule has 0 bridgehead atoms. The first-order valence-electron chi connectivity index (χ1n) is 12.9. The molecule has 1 atom stereocenters. The van der Waals surface area contributed by atoms with Gasteiger partial charge in [0.15, 0.2) is 15.8 Å². The van der Waals surface area contributed by atoms with Gasteiger partial charge in [-0.05, 0) is 46.6 Å². The molecular weight excluding hydrogens is 609 g/mol. The lowest BCUT2D eigenvalue weighted by atomic mass is 10.1. The number of halogens is 5.